The highest BCUT2D eigenvalue weighted by Gasteiger charge is 2.40. The van der Waals surface area contributed by atoms with E-state index < -0.39 is 11.4 Å². The summed E-state index contributed by atoms with van der Waals surface area (Å²) in [6.07, 6.45) is 0. The molecule has 0 fully saturated rings. The van der Waals surface area contributed by atoms with Gasteiger partial charge in [0.05, 0.1) is 16.8 Å². The van der Waals surface area contributed by atoms with E-state index in [2.05, 4.69) is 61.3 Å². The fourth-order valence-corrected chi connectivity index (χ4v) is 5.68. The SMILES string of the molecule is CNc1ccc(C(c2ccc(C)c(CN3Cc4ccccc4OC(C)(C)C3)c2)C(C)(C)C(=O)O)c(C)c1N. The molecule has 0 bridgehead atoms. The van der Waals surface area contributed by atoms with E-state index in [4.69, 9.17) is 10.5 Å². The Balaban J connectivity index is 1.77. The average molecular weight is 516 g/mol. The molecule has 1 aliphatic rings. The highest BCUT2D eigenvalue weighted by molar-refractivity contribution is 5.78. The summed E-state index contributed by atoms with van der Waals surface area (Å²) in [6, 6.07) is 18.6. The average Bonchev–Trinajstić information content (AvgIpc) is 2.97. The van der Waals surface area contributed by atoms with Gasteiger partial charge in [-0.05, 0) is 81.5 Å². The first-order valence-electron chi connectivity index (χ1n) is 13.2. The zero-order valence-corrected chi connectivity index (χ0v) is 23.7. The van der Waals surface area contributed by atoms with Crippen LogP contribution in [0.3, 0.4) is 0 Å². The lowest BCUT2D eigenvalue weighted by molar-refractivity contribution is -0.147. The normalized spacial score (nSPS) is 16.2. The van der Waals surface area contributed by atoms with Crippen LogP contribution in [-0.4, -0.2) is 35.2 Å². The highest BCUT2D eigenvalue weighted by atomic mass is 16.5. The number of benzene rings is 3. The van der Waals surface area contributed by atoms with Crippen molar-refractivity contribution in [1.82, 2.24) is 4.90 Å². The molecule has 0 spiro atoms. The number of aliphatic carboxylic acids is 1. The van der Waals surface area contributed by atoms with Crippen molar-refractivity contribution >= 4 is 17.3 Å². The Hall–Kier alpha value is -3.51. The van der Waals surface area contributed by atoms with Crippen LogP contribution in [0.5, 0.6) is 5.75 Å². The number of aryl methyl sites for hydroxylation is 1. The van der Waals surface area contributed by atoms with Crippen molar-refractivity contribution in [3.63, 3.8) is 0 Å². The smallest absolute Gasteiger partial charge is 0.310 e. The number of anilines is 2. The van der Waals surface area contributed by atoms with Crippen molar-refractivity contribution < 1.29 is 14.6 Å². The molecule has 6 heteroatoms. The van der Waals surface area contributed by atoms with Crippen molar-refractivity contribution in [3.05, 3.63) is 88.0 Å². The number of nitrogens with zero attached hydrogens (tertiary/aromatic N) is 1. The number of hydrogen-bond acceptors (Lipinski definition) is 5. The van der Waals surface area contributed by atoms with Crippen LogP contribution >= 0.6 is 0 Å². The van der Waals surface area contributed by atoms with Crippen molar-refractivity contribution in [3.8, 4) is 5.75 Å². The van der Waals surface area contributed by atoms with Gasteiger partial charge in [0.2, 0.25) is 0 Å². The molecule has 0 amide bonds. The van der Waals surface area contributed by atoms with E-state index >= 15 is 0 Å². The molecule has 4 N–H and O–H groups in total. The molecular weight excluding hydrogens is 474 g/mol. The maximum absolute atomic E-state index is 12.6. The van der Waals surface area contributed by atoms with Crippen LogP contribution in [0, 0.1) is 19.3 Å². The van der Waals surface area contributed by atoms with E-state index in [1.807, 2.05) is 38.2 Å². The lowest BCUT2D eigenvalue weighted by Gasteiger charge is -2.34. The molecule has 1 heterocycles. The molecule has 1 atom stereocenters. The van der Waals surface area contributed by atoms with E-state index in [9.17, 15) is 9.90 Å². The maximum Gasteiger partial charge on any atom is 0.310 e. The first kappa shape index (κ1) is 27.5. The number of carboxylic acid groups (broad SMARTS) is 1. The third-order valence-electron chi connectivity index (χ3n) is 7.87. The van der Waals surface area contributed by atoms with E-state index in [1.165, 1.54) is 16.7 Å². The summed E-state index contributed by atoms with van der Waals surface area (Å²) in [7, 11) is 1.84. The summed E-state index contributed by atoms with van der Waals surface area (Å²) in [5.41, 5.74) is 12.9. The van der Waals surface area contributed by atoms with Crippen LogP contribution in [0.4, 0.5) is 11.4 Å². The summed E-state index contributed by atoms with van der Waals surface area (Å²) in [6.45, 7) is 14.2. The monoisotopic (exact) mass is 515 g/mol. The summed E-state index contributed by atoms with van der Waals surface area (Å²) < 4.78 is 6.35. The predicted octanol–water partition coefficient (Wildman–Crippen LogP) is 6.34. The summed E-state index contributed by atoms with van der Waals surface area (Å²) in [5, 5.41) is 13.4. The molecule has 3 aromatic carbocycles. The molecule has 0 radical (unpaired) electrons. The zero-order chi connectivity index (χ0) is 27.8. The minimum absolute atomic E-state index is 0.338. The van der Waals surface area contributed by atoms with Crippen molar-refractivity contribution in [2.24, 2.45) is 5.41 Å². The third kappa shape index (κ3) is 5.37. The number of nitrogen functional groups attached to an aromatic ring is 1. The zero-order valence-electron chi connectivity index (χ0n) is 23.7. The van der Waals surface area contributed by atoms with Crippen LogP contribution in [0.15, 0.2) is 54.6 Å². The molecule has 0 aromatic heterocycles. The van der Waals surface area contributed by atoms with Gasteiger partial charge < -0.3 is 20.9 Å². The first-order chi connectivity index (χ1) is 17.8. The van der Waals surface area contributed by atoms with E-state index in [0.29, 0.717) is 5.69 Å². The van der Waals surface area contributed by atoms with Crippen LogP contribution in [0.25, 0.3) is 0 Å². The summed E-state index contributed by atoms with van der Waals surface area (Å²) >= 11 is 0. The van der Waals surface area contributed by atoms with Gasteiger partial charge in [-0.1, -0.05) is 42.5 Å². The first-order valence-corrected chi connectivity index (χ1v) is 13.2. The largest absolute Gasteiger partial charge is 0.486 e. The summed E-state index contributed by atoms with van der Waals surface area (Å²) in [4.78, 5) is 15.0. The molecule has 1 unspecified atom stereocenters. The minimum Gasteiger partial charge on any atom is -0.486 e. The highest BCUT2D eigenvalue weighted by Crippen LogP contribution is 2.45. The van der Waals surface area contributed by atoms with Crippen molar-refractivity contribution in [2.75, 3.05) is 24.6 Å². The van der Waals surface area contributed by atoms with E-state index in [1.54, 1.807) is 13.8 Å². The quantitative estimate of drug-likeness (QED) is 0.318. The summed E-state index contributed by atoms with van der Waals surface area (Å²) in [5.74, 6) is -0.285. The Morgan fingerprint density at radius 3 is 2.55 bits per heavy atom. The molecule has 38 heavy (non-hydrogen) atoms. The molecule has 0 saturated carbocycles. The van der Waals surface area contributed by atoms with Crippen LogP contribution in [0.2, 0.25) is 0 Å². The third-order valence-corrected chi connectivity index (χ3v) is 7.87. The van der Waals surface area contributed by atoms with Gasteiger partial charge in [0.25, 0.3) is 0 Å². The van der Waals surface area contributed by atoms with E-state index in [0.717, 1.165) is 47.8 Å². The minimum atomic E-state index is -1.05. The van der Waals surface area contributed by atoms with Gasteiger partial charge in [-0.2, -0.15) is 0 Å². The topological polar surface area (TPSA) is 87.8 Å². The van der Waals surface area contributed by atoms with Crippen molar-refractivity contribution in [1.29, 1.82) is 0 Å². The van der Waals surface area contributed by atoms with Gasteiger partial charge in [0, 0.05) is 38.2 Å². The van der Waals surface area contributed by atoms with Gasteiger partial charge >= 0.3 is 5.97 Å². The fourth-order valence-electron chi connectivity index (χ4n) is 5.68. The molecule has 3 aromatic rings. The standard InChI is InChI=1S/C32H41N3O3/c1-20-12-13-22(28(32(5,6)30(36)37)25-14-15-26(34-7)29(33)21(25)2)16-24(20)18-35-17-23-10-8-9-11-27(23)38-31(3,4)19-35/h8-16,28,34H,17-19,33H2,1-7H3,(H,36,37). The number of carbonyl (C=O) groups is 1. The molecular formula is C32H41N3O3. The van der Waals surface area contributed by atoms with Gasteiger partial charge in [-0.15, -0.1) is 0 Å². The molecule has 0 aliphatic carbocycles. The van der Waals surface area contributed by atoms with Crippen LogP contribution in [-0.2, 0) is 17.9 Å². The number of ether oxygens (including phenoxy) is 1. The Morgan fingerprint density at radius 1 is 1.16 bits per heavy atom. The van der Waals surface area contributed by atoms with Gasteiger partial charge in [-0.25, -0.2) is 0 Å². The second-order valence-electron chi connectivity index (χ2n) is 11.8. The van der Waals surface area contributed by atoms with Crippen LogP contribution < -0.4 is 15.8 Å². The maximum atomic E-state index is 12.6. The van der Waals surface area contributed by atoms with Gasteiger partial charge in [-0.3, -0.25) is 9.69 Å². The second kappa shape index (κ2) is 10.3. The number of carboxylic acids is 1. The second-order valence-corrected chi connectivity index (χ2v) is 11.8. The number of nitrogens with two attached hydrogens (primary N) is 1. The number of rotatable bonds is 7. The Bertz CT molecular complexity index is 1350. The molecule has 0 saturated heterocycles. The van der Waals surface area contributed by atoms with E-state index in [-0.39, 0.29) is 11.5 Å². The van der Waals surface area contributed by atoms with Gasteiger partial charge in [0.1, 0.15) is 11.4 Å². The molecule has 6 nitrogen and oxygen atoms in total. The number of hydrogen-bond donors (Lipinski definition) is 3. The molecule has 4 rings (SSSR count). The molecule has 1 aliphatic heterocycles. The fraction of sp³-hybridized carbons (Fsp3) is 0.406. The Morgan fingerprint density at radius 2 is 1.87 bits per heavy atom. The van der Waals surface area contributed by atoms with Crippen LogP contribution in [0.1, 0.15) is 67.0 Å². The Labute approximate surface area is 226 Å². The lowest BCUT2D eigenvalue weighted by atomic mass is 9.69. The van der Waals surface area contributed by atoms with Crippen molar-refractivity contribution in [2.45, 2.75) is 66.2 Å². The number of para-hydroxylation sites is 1. The lowest BCUT2D eigenvalue weighted by Crippen LogP contribution is -2.40. The molecule has 202 valence electrons. The predicted molar refractivity (Wildman–Crippen MR) is 155 cm³/mol. The van der Waals surface area contributed by atoms with Gasteiger partial charge in [0.15, 0.2) is 0 Å². The number of nitrogens with one attached hydrogen (secondary N) is 1. The number of fused-ring (bicyclic) bond motifs is 1. The Kier molecular flexibility index (Phi) is 7.48.